The van der Waals surface area contributed by atoms with Crippen LogP contribution >= 0.6 is 12.6 Å². The Morgan fingerprint density at radius 1 is 1.09 bits per heavy atom. The summed E-state index contributed by atoms with van der Waals surface area (Å²) in [7, 11) is 0. The zero-order chi connectivity index (χ0) is 16.5. The maximum atomic E-state index is 11.3. The van der Waals surface area contributed by atoms with Gasteiger partial charge in [-0.1, -0.05) is 12.1 Å². The fourth-order valence-electron chi connectivity index (χ4n) is 2.24. The monoisotopic (exact) mass is 322 g/mol. The standard InChI is InChI=1S/C15H18N2O3.CH4S/c1-12(18)16-8-10-17(11-9-16)14-5-2-13(3-6-14)4-7-15(19)20;1-2/h2-7H,8-11H2,1H3,(H,19,20);2H,1H3/b7-4+;. The highest BCUT2D eigenvalue weighted by Gasteiger charge is 2.18. The van der Waals surface area contributed by atoms with Gasteiger partial charge in [0.2, 0.25) is 5.91 Å². The van der Waals surface area contributed by atoms with Gasteiger partial charge in [0.25, 0.3) is 0 Å². The number of carbonyl (C=O) groups excluding carboxylic acids is 1. The molecule has 1 saturated heterocycles. The number of amides is 1. The van der Waals surface area contributed by atoms with Crippen LogP contribution in [0, 0.1) is 0 Å². The quantitative estimate of drug-likeness (QED) is 0.660. The third kappa shape index (κ3) is 5.44. The van der Waals surface area contributed by atoms with Gasteiger partial charge in [-0.3, -0.25) is 4.79 Å². The number of hydrogen-bond acceptors (Lipinski definition) is 4. The topological polar surface area (TPSA) is 60.9 Å². The lowest BCUT2D eigenvalue weighted by atomic mass is 10.1. The van der Waals surface area contributed by atoms with Gasteiger partial charge in [-0.15, -0.1) is 0 Å². The van der Waals surface area contributed by atoms with Crippen LogP contribution in [0.15, 0.2) is 30.3 Å². The molecule has 0 bridgehead atoms. The molecule has 1 N–H and O–H groups in total. The van der Waals surface area contributed by atoms with E-state index in [9.17, 15) is 9.59 Å². The van der Waals surface area contributed by atoms with E-state index in [4.69, 9.17) is 5.11 Å². The molecule has 1 heterocycles. The minimum atomic E-state index is -0.950. The summed E-state index contributed by atoms with van der Waals surface area (Å²) in [5, 5.41) is 8.58. The number of aliphatic carboxylic acids is 1. The zero-order valence-corrected chi connectivity index (χ0v) is 13.8. The first-order valence-corrected chi connectivity index (χ1v) is 7.92. The highest BCUT2D eigenvalue weighted by atomic mass is 32.1. The summed E-state index contributed by atoms with van der Waals surface area (Å²) >= 11 is 3.53. The number of thiol groups is 1. The second-order valence-corrected chi connectivity index (χ2v) is 4.76. The normalized spacial score (nSPS) is 14.5. The summed E-state index contributed by atoms with van der Waals surface area (Å²) in [5.74, 6) is -0.826. The van der Waals surface area contributed by atoms with Gasteiger partial charge in [0.15, 0.2) is 0 Å². The molecule has 0 aromatic heterocycles. The predicted molar refractivity (Wildman–Crippen MR) is 92.5 cm³/mol. The Bertz CT molecular complexity index is 521. The van der Waals surface area contributed by atoms with E-state index in [1.54, 1.807) is 19.3 Å². The molecule has 0 atom stereocenters. The predicted octanol–water partition coefficient (Wildman–Crippen LogP) is 2.00. The third-order valence-corrected chi connectivity index (χ3v) is 3.40. The SMILES string of the molecule is CC(=O)N1CCN(c2ccc(/C=C/C(=O)O)cc2)CC1.CS. The molecule has 1 fully saturated rings. The average Bonchev–Trinajstić information content (AvgIpc) is 2.55. The van der Waals surface area contributed by atoms with E-state index in [2.05, 4.69) is 17.5 Å². The van der Waals surface area contributed by atoms with Crippen LogP contribution < -0.4 is 4.90 Å². The van der Waals surface area contributed by atoms with Crippen molar-refractivity contribution in [1.29, 1.82) is 0 Å². The van der Waals surface area contributed by atoms with E-state index >= 15 is 0 Å². The fraction of sp³-hybridized carbons (Fsp3) is 0.375. The lowest BCUT2D eigenvalue weighted by Crippen LogP contribution is -2.48. The largest absolute Gasteiger partial charge is 0.478 e. The number of carbonyl (C=O) groups is 2. The molecule has 1 aromatic carbocycles. The Morgan fingerprint density at radius 2 is 1.64 bits per heavy atom. The maximum Gasteiger partial charge on any atom is 0.328 e. The van der Waals surface area contributed by atoms with E-state index in [0.717, 1.165) is 43.5 Å². The van der Waals surface area contributed by atoms with Gasteiger partial charge in [0, 0.05) is 44.9 Å². The summed E-state index contributed by atoms with van der Waals surface area (Å²) in [6, 6.07) is 7.74. The lowest BCUT2D eigenvalue weighted by molar-refractivity contribution is -0.131. The number of piperazine rings is 1. The van der Waals surface area contributed by atoms with Crippen LogP contribution in [0.3, 0.4) is 0 Å². The van der Waals surface area contributed by atoms with Crippen molar-refractivity contribution in [2.45, 2.75) is 6.92 Å². The van der Waals surface area contributed by atoms with E-state index in [1.807, 2.05) is 29.2 Å². The number of anilines is 1. The molecule has 5 nitrogen and oxygen atoms in total. The first-order chi connectivity index (χ1) is 10.6. The zero-order valence-electron chi connectivity index (χ0n) is 12.9. The number of benzene rings is 1. The van der Waals surface area contributed by atoms with Crippen molar-refractivity contribution < 1.29 is 14.7 Å². The van der Waals surface area contributed by atoms with E-state index in [1.165, 1.54) is 0 Å². The molecule has 0 unspecified atom stereocenters. The van der Waals surface area contributed by atoms with Crippen molar-refractivity contribution >= 4 is 36.3 Å². The molecule has 2 rings (SSSR count). The average molecular weight is 322 g/mol. The Balaban J connectivity index is 0.00000116. The highest BCUT2D eigenvalue weighted by molar-refractivity contribution is 7.79. The minimum Gasteiger partial charge on any atom is -0.478 e. The van der Waals surface area contributed by atoms with E-state index in [-0.39, 0.29) is 5.91 Å². The van der Waals surface area contributed by atoms with Gasteiger partial charge < -0.3 is 14.9 Å². The van der Waals surface area contributed by atoms with Gasteiger partial charge in [-0.25, -0.2) is 4.79 Å². The second-order valence-electron chi connectivity index (χ2n) is 4.76. The summed E-state index contributed by atoms with van der Waals surface area (Å²) in [5.41, 5.74) is 1.96. The molecule has 6 heteroatoms. The second kappa shape index (κ2) is 9.15. The number of nitrogens with zero attached hydrogens (tertiary/aromatic N) is 2. The molecule has 0 aliphatic carbocycles. The van der Waals surface area contributed by atoms with Gasteiger partial charge >= 0.3 is 5.97 Å². The van der Waals surface area contributed by atoms with Gasteiger partial charge in [0.1, 0.15) is 0 Å². The molecule has 1 aromatic rings. The number of hydrogen-bond donors (Lipinski definition) is 2. The molecule has 120 valence electrons. The molecule has 1 amide bonds. The summed E-state index contributed by atoms with van der Waals surface area (Å²) in [6.07, 6.45) is 4.39. The number of rotatable bonds is 3. The van der Waals surface area contributed by atoms with Gasteiger partial charge in [-0.05, 0) is 30.0 Å². The Hall–Kier alpha value is -1.95. The molecular formula is C16H22N2O3S. The van der Waals surface area contributed by atoms with Crippen LogP contribution in [-0.2, 0) is 9.59 Å². The van der Waals surface area contributed by atoms with Crippen molar-refractivity contribution in [2.75, 3.05) is 37.3 Å². The molecule has 0 saturated carbocycles. The third-order valence-electron chi connectivity index (χ3n) is 3.40. The molecule has 1 aliphatic heterocycles. The van der Waals surface area contributed by atoms with Crippen molar-refractivity contribution in [2.24, 2.45) is 0 Å². The summed E-state index contributed by atoms with van der Waals surface area (Å²) < 4.78 is 0. The van der Waals surface area contributed by atoms with Crippen LogP contribution in [-0.4, -0.2) is 54.3 Å². The van der Waals surface area contributed by atoms with Crippen LogP contribution in [0.4, 0.5) is 5.69 Å². The Morgan fingerprint density at radius 3 is 2.09 bits per heavy atom. The lowest BCUT2D eigenvalue weighted by Gasteiger charge is -2.35. The van der Waals surface area contributed by atoms with Crippen LogP contribution in [0.2, 0.25) is 0 Å². The Labute approximate surface area is 136 Å². The van der Waals surface area contributed by atoms with E-state index < -0.39 is 5.97 Å². The van der Waals surface area contributed by atoms with Crippen LogP contribution in [0.5, 0.6) is 0 Å². The Kier molecular flexibility index (Phi) is 7.52. The van der Waals surface area contributed by atoms with Crippen molar-refractivity contribution in [3.05, 3.63) is 35.9 Å². The van der Waals surface area contributed by atoms with Gasteiger partial charge in [-0.2, -0.15) is 12.6 Å². The molecule has 0 spiro atoms. The van der Waals surface area contributed by atoms with Crippen LogP contribution in [0.1, 0.15) is 12.5 Å². The van der Waals surface area contributed by atoms with Gasteiger partial charge in [0.05, 0.1) is 0 Å². The van der Waals surface area contributed by atoms with Crippen LogP contribution in [0.25, 0.3) is 6.08 Å². The van der Waals surface area contributed by atoms with E-state index in [0.29, 0.717) is 0 Å². The highest BCUT2D eigenvalue weighted by Crippen LogP contribution is 2.18. The first-order valence-electron chi connectivity index (χ1n) is 7.02. The maximum absolute atomic E-state index is 11.3. The number of carboxylic acids is 1. The molecule has 22 heavy (non-hydrogen) atoms. The smallest absolute Gasteiger partial charge is 0.328 e. The van der Waals surface area contributed by atoms with Crippen molar-refractivity contribution in [3.8, 4) is 0 Å². The summed E-state index contributed by atoms with van der Waals surface area (Å²) in [4.78, 5) is 25.8. The molecular weight excluding hydrogens is 300 g/mol. The van der Waals surface area contributed by atoms with Crippen molar-refractivity contribution in [1.82, 2.24) is 4.90 Å². The number of carboxylic acid groups (broad SMARTS) is 1. The fourth-order valence-corrected chi connectivity index (χ4v) is 2.24. The molecule has 0 radical (unpaired) electrons. The first kappa shape index (κ1) is 18.1. The summed E-state index contributed by atoms with van der Waals surface area (Å²) in [6.45, 7) is 4.74. The minimum absolute atomic E-state index is 0.124. The molecule has 1 aliphatic rings. The van der Waals surface area contributed by atoms with Crippen molar-refractivity contribution in [3.63, 3.8) is 0 Å².